The van der Waals surface area contributed by atoms with E-state index >= 15 is 0 Å². The highest BCUT2D eigenvalue weighted by molar-refractivity contribution is 6.48. The number of anilines is 2. The van der Waals surface area contributed by atoms with Crippen LogP contribution in [0.2, 0.25) is 0 Å². The highest BCUT2D eigenvalue weighted by atomic mass is 16.5. The molecule has 0 spiro atoms. The van der Waals surface area contributed by atoms with E-state index in [1.807, 2.05) is 36.4 Å². The van der Waals surface area contributed by atoms with E-state index in [1.54, 1.807) is 18.2 Å². The minimum Gasteiger partial charge on any atom is -0.492 e. The smallest absolute Gasteiger partial charge is 0.296 e. The zero-order valence-corrected chi connectivity index (χ0v) is 20.6. The van der Waals surface area contributed by atoms with Gasteiger partial charge in [-0.2, -0.15) is 0 Å². The average molecular weight is 476 g/mol. The van der Waals surface area contributed by atoms with Crippen LogP contribution in [0.5, 0.6) is 5.75 Å². The molecule has 3 aromatic rings. The lowest BCUT2D eigenvalue weighted by Crippen LogP contribution is -2.38. The largest absolute Gasteiger partial charge is 0.492 e. The van der Waals surface area contributed by atoms with E-state index in [-0.39, 0.29) is 5.41 Å². The number of nitrogens with two attached hydrogens (primary N) is 1. The SMILES string of the molecule is CC(C)(C)c1cc(N)cc(NC(=O)C(=O)c2ccc(OCCN3CCOCC3)c3ccccc23)c1. The van der Waals surface area contributed by atoms with Crippen LogP contribution < -0.4 is 15.8 Å². The fraction of sp³-hybridized carbons (Fsp3) is 0.357. The number of carbonyl (C=O) groups is 2. The number of Topliss-reactive ketones (excluding diaryl/α,β-unsaturated/α-hetero) is 1. The third kappa shape index (κ3) is 5.99. The van der Waals surface area contributed by atoms with Gasteiger partial charge in [-0.3, -0.25) is 14.5 Å². The second-order valence-electron chi connectivity index (χ2n) is 9.84. The molecule has 4 rings (SSSR count). The summed E-state index contributed by atoms with van der Waals surface area (Å²) in [6.07, 6.45) is 0. The van der Waals surface area contributed by atoms with Gasteiger partial charge in [-0.25, -0.2) is 0 Å². The monoisotopic (exact) mass is 475 g/mol. The van der Waals surface area contributed by atoms with Crippen molar-refractivity contribution >= 4 is 33.8 Å². The standard InChI is InChI=1S/C28H33N3O4/c1-28(2,3)19-16-20(29)18-21(17-19)30-27(33)26(32)24-8-9-25(23-7-5-4-6-22(23)24)35-15-12-31-10-13-34-14-11-31/h4-9,16-18H,10-15,29H2,1-3H3,(H,30,33). The lowest BCUT2D eigenvalue weighted by molar-refractivity contribution is -0.112. The molecule has 1 amide bonds. The molecular weight excluding hydrogens is 442 g/mol. The summed E-state index contributed by atoms with van der Waals surface area (Å²) in [5, 5.41) is 4.21. The summed E-state index contributed by atoms with van der Waals surface area (Å²) in [6.45, 7) is 10.8. The number of carbonyl (C=O) groups excluding carboxylic acids is 2. The number of amides is 1. The van der Waals surface area contributed by atoms with Crippen molar-refractivity contribution in [3.63, 3.8) is 0 Å². The number of ether oxygens (including phenoxy) is 2. The molecule has 35 heavy (non-hydrogen) atoms. The van der Waals surface area contributed by atoms with Crippen LogP contribution >= 0.6 is 0 Å². The lowest BCUT2D eigenvalue weighted by Gasteiger charge is -2.26. The van der Waals surface area contributed by atoms with Crippen LogP contribution in [0, 0.1) is 0 Å². The van der Waals surface area contributed by atoms with Gasteiger partial charge in [0.05, 0.1) is 13.2 Å². The fourth-order valence-corrected chi connectivity index (χ4v) is 4.17. The molecule has 0 unspecified atom stereocenters. The summed E-state index contributed by atoms with van der Waals surface area (Å²) in [7, 11) is 0. The van der Waals surface area contributed by atoms with Crippen LogP contribution in [0.15, 0.2) is 54.6 Å². The van der Waals surface area contributed by atoms with Gasteiger partial charge in [0.25, 0.3) is 11.7 Å². The molecule has 1 heterocycles. The van der Waals surface area contributed by atoms with Crippen LogP contribution in [-0.4, -0.2) is 56.0 Å². The van der Waals surface area contributed by atoms with Crippen molar-refractivity contribution in [3.8, 4) is 5.75 Å². The van der Waals surface area contributed by atoms with Gasteiger partial charge >= 0.3 is 0 Å². The van der Waals surface area contributed by atoms with Crippen molar-refractivity contribution in [1.82, 2.24) is 4.90 Å². The summed E-state index contributed by atoms with van der Waals surface area (Å²) >= 11 is 0. The quantitative estimate of drug-likeness (QED) is 0.301. The number of benzene rings is 3. The number of hydrogen-bond donors (Lipinski definition) is 2. The lowest BCUT2D eigenvalue weighted by atomic mass is 9.86. The molecule has 0 aromatic heterocycles. The minimum absolute atomic E-state index is 0.146. The molecule has 0 aliphatic carbocycles. The zero-order valence-electron chi connectivity index (χ0n) is 20.6. The molecule has 1 saturated heterocycles. The highest BCUT2D eigenvalue weighted by Gasteiger charge is 2.22. The third-order valence-electron chi connectivity index (χ3n) is 6.18. The summed E-state index contributed by atoms with van der Waals surface area (Å²) in [5.74, 6) is -0.626. The molecule has 0 atom stereocenters. The van der Waals surface area contributed by atoms with E-state index in [0.29, 0.717) is 34.7 Å². The molecule has 1 aliphatic rings. The normalized spacial score (nSPS) is 14.6. The molecule has 184 valence electrons. The van der Waals surface area contributed by atoms with E-state index in [4.69, 9.17) is 15.2 Å². The zero-order chi connectivity index (χ0) is 25.0. The number of ketones is 1. The molecule has 1 fully saturated rings. The van der Waals surface area contributed by atoms with Gasteiger partial charge in [0.15, 0.2) is 0 Å². The number of morpholine rings is 1. The molecule has 0 radical (unpaired) electrons. The Bertz CT molecular complexity index is 1230. The number of rotatable bonds is 7. The van der Waals surface area contributed by atoms with E-state index < -0.39 is 11.7 Å². The van der Waals surface area contributed by atoms with Gasteiger partial charge in [0.1, 0.15) is 12.4 Å². The Labute approximate surface area is 206 Å². The Morgan fingerprint density at radius 3 is 2.46 bits per heavy atom. The molecule has 7 nitrogen and oxygen atoms in total. The van der Waals surface area contributed by atoms with E-state index in [0.717, 1.165) is 43.8 Å². The van der Waals surface area contributed by atoms with Crippen molar-refractivity contribution in [2.45, 2.75) is 26.2 Å². The Balaban J connectivity index is 1.51. The summed E-state index contributed by atoms with van der Waals surface area (Å²) in [5.41, 5.74) is 8.23. The van der Waals surface area contributed by atoms with Gasteiger partial charge in [-0.1, -0.05) is 45.0 Å². The van der Waals surface area contributed by atoms with Gasteiger partial charge in [-0.15, -0.1) is 0 Å². The Morgan fingerprint density at radius 2 is 1.74 bits per heavy atom. The number of nitrogen functional groups attached to an aromatic ring is 1. The van der Waals surface area contributed by atoms with Crippen LogP contribution in [0.3, 0.4) is 0 Å². The van der Waals surface area contributed by atoms with Gasteiger partial charge in [-0.05, 0) is 46.7 Å². The van der Waals surface area contributed by atoms with Crippen LogP contribution in [0.1, 0.15) is 36.7 Å². The maximum Gasteiger partial charge on any atom is 0.296 e. The minimum atomic E-state index is -0.707. The second-order valence-corrected chi connectivity index (χ2v) is 9.84. The Kier molecular flexibility index (Phi) is 7.38. The van der Waals surface area contributed by atoms with Crippen molar-refractivity contribution in [2.75, 3.05) is 50.5 Å². The van der Waals surface area contributed by atoms with Gasteiger partial charge in [0.2, 0.25) is 0 Å². The van der Waals surface area contributed by atoms with E-state index in [1.165, 1.54) is 0 Å². The number of nitrogens with one attached hydrogen (secondary N) is 1. The Morgan fingerprint density at radius 1 is 1.03 bits per heavy atom. The first kappa shape index (κ1) is 24.7. The van der Waals surface area contributed by atoms with E-state index in [9.17, 15) is 9.59 Å². The average Bonchev–Trinajstić information content (AvgIpc) is 2.83. The molecule has 3 aromatic carbocycles. The first-order valence-corrected chi connectivity index (χ1v) is 11.9. The number of fused-ring (bicyclic) bond motifs is 1. The number of nitrogens with zero attached hydrogens (tertiary/aromatic N) is 1. The first-order chi connectivity index (χ1) is 16.7. The van der Waals surface area contributed by atoms with Crippen LogP contribution in [0.4, 0.5) is 11.4 Å². The van der Waals surface area contributed by atoms with Crippen molar-refractivity contribution < 1.29 is 19.1 Å². The molecule has 3 N–H and O–H groups in total. The summed E-state index contributed by atoms with van der Waals surface area (Å²) in [6, 6.07) is 16.3. The van der Waals surface area contributed by atoms with Crippen molar-refractivity contribution in [3.05, 3.63) is 65.7 Å². The summed E-state index contributed by atoms with van der Waals surface area (Å²) < 4.78 is 11.5. The van der Waals surface area contributed by atoms with E-state index in [2.05, 4.69) is 31.0 Å². The van der Waals surface area contributed by atoms with Gasteiger partial charge in [0, 0.05) is 42.0 Å². The highest BCUT2D eigenvalue weighted by Crippen LogP contribution is 2.30. The molecule has 0 saturated carbocycles. The topological polar surface area (TPSA) is 93.9 Å². The first-order valence-electron chi connectivity index (χ1n) is 11.9. The summed E-state index contributed by atoms with van der Waals surface area (Å²) in [4.78, 5) is 28.4. The van der Waals surface area contributed by atoms with Crippen LogP contribution in [-0.2, 0) is 14.9 Å². The molecule has 7 heteroatoms. The third-order valence-corrected chi connectivity index (χ3v) is 6.18. The second kappa shape index (κ2) is 10.5. The van der Waals surface area contributed by atoms with Crippen LogP contribution in [0.25, 0.3) is 10.8 Å². The Hall–Kier alpha value is -3.42. The van der Waals surface area contributed by atoms with Crippen molar-refractivity contribution in [2.24, 2.45) is 0 Å². The maximum atomic E-state index is 13.2. The molecular formula is C28H33N3O4. The molecule has 1 aliphatic heterocycles. The molecule has 0 bridgehead atoms. The number of hydrogen-bond acceptors (Lipinski definition) is 6. The van der Waals surface area contributed by atoms with Crippen molar-refractivity contribution in [1.29, 1.82) is 0 Å². The van der Waals surface area contributed by atoms with Gasteiger partial charge < -0.3 is 20.5 Å². The maximum absolute atomic E-state index is 13.2. The predicted molar refractivity (Wildman–Crippen MR) is 139 cm³/mol. The predicted octanol–water partition coefficient (Wildman–Crippen LogP) is 4.25. The fourth-order valence-electron chi connectivity index (χ4n) is 4.17.